The molecule has 17 heavy (non-hydrogen) atoms. The summed E-state index contributed by atoms with van der Waals surface area (Å²) in [5.41, 5.74) is 0. The van der Waals surface area contributed by atoms with Gasteiger partial charge in [0.25, 0.3) is 0 Å². The summed E-state index contributed by atoms with van der Waals surface area (Å²) in [5.74, 6) is 0.752. The van der Waals surface area contributed by atoms with Crippen LogP contribution in [0.25, 0.3) is 0 Å². The van der Waals surface area contributed by atoms with Gasteiger partial charge in [-0.2, -0.15) is 0 Å². The summed E-state index contributed by atoms with van der Waals surface area (Å²) in [4.78, 5) is 17.1. The molecule has 92 valence electrons. The third-order valence-corrected chi connectivity index (χ3v) is 2.62. The first kappa shape index (κ1) is 11.9. The maximum atomic E-state index is 11.4. The van der Waals surface area contributed by atoms with E-state index in [-0.39, 0.29) is 12.0 Å². The minimum Gasteiger partial charge on any atom is -0.485 e. The van der Waals surface area contributed by atoms with Crippen molar-refractivity contribution in [1.82, 2.24) is 9.88 Å². The van der Waals surface area contributed by atoms with Crippen molar-refractivity contribution in [3.05, 3.63) is 24.5 Å². The molecule has 1 aromatic heterocycles. The topological polar surface area (TPSA) is 51.7 Å². The number of hydrogen-bond acceptors (Lipinski definition) is 4. The molecule has 0 unspecified atom stereocenters. The monoisotopic (exact) mass is 236 g/mol. The molecule has 1 atom stereocenters. The van der Waals surface area contributed by atoms with Gasteiger partial charge in [-0.05, 0) is 12.1 Å². The zero-order chi connectivity index (χ0) is 12.1. The Labute approximate surface area is 100 Å². The number of rotatable bonds is 2. The fraction of sp³-hybridized carbons (Fsp3) is 0.500. The number of carbonyl (C=O) groups is 1. The highest BCUT2D eigenvalue weighted by atomic mass is 16.5. The van der Waals surface area contributed by atoms with Crippen molar-refractivity contribution in [2.75, 3.05) is 26.3 Å². The maximum Gasteiger partial charge on any atom is 0.219 e. The van der Waals surface area contributed by atoms with Crippen LogP contribution in [0.2, 0.25) is 0 Å². The number of aromatic nitrogens is 1. The second-order valence-electron chi connectivity index (χ2n) is 3.97. The molecule has 2 heterocycles. The SMILES string of the molecule is CC(=O)N1CCOC[C@H](Oc2cccnc2)C1. The van der Waals surface area contributed by atoms with Gasteiger partial charge in [0.2, 0.25) is 5.91 Å². The molecule has 0 bridgehead atoms. The molecule has 0 spiro atoms. The summed E-state index contributed by atoms with van der Waals surface area (Å²) in [6.45, 7) is 3.81. The molecule has 0 saturated carbocycles. The molecule has 1 aliphatic rings. The van der Waals surface area contributed by atoms with Crippen molar-refractivity contribution in [3.8, 4) is 5.75 Å². The number of pyridine rings is 1. The maximum absolute atomic E-state index is 11.4. The summed E-state index contributed by atoms with van der Waals surface area (Å²) in [6.07, 6.45) is 3.21. The Morgan fingerprint density at radius 1 is 1.65 bits per heavy atom. The van der Waals surface area contributed by atoms with Gasteiger partial charge in [-0.15, -0.1) is 0 Å². The highest BCUT2D eigenvalue weighted by Gasteiger charge is 2.21. The lowest BCUT2D eigenvalue weighted by Crippen LogP contribution is -2.38. The van der Waals surface area contributed by atoms with Crippen LogP contribution in [0, 0.1) is 0 Å². The molecule has 0 N–H and O–H groups in total. The molecule has 1 aromatic rings. The summed E-state index contributed by atoms with van der Waals surface area (Å²) in [5, 5.41) is 0. The second-order valence-corrected chi connectivity index (χ2v) is 3.97. The van der Waals surface area contributed by atoms with E-state index in [1.807, 2.05) is 12.1 Å². The lowest BCUT2D eigenvalue weighted by molar-refractivity contribution is -0.129. The van der Waals surface area contributed by atoms with Gasteiger partial charge in [0.15, 0.2) is 0 Å². The van der Waals surface area contributed by atoms with Crippen LogP contribution >= 0.6 is 0 Å². The minimum atomic E-state index is -0.134. The number of amides is 1. The van der Waals surface area contributed by atoms with Crippen molar-refractivity contribution < 1.29 is 14.3 Å². The zero-order valence-electron chi connectivity index (χ0n) is 9.83. The Morgan fingerprint density at radius 3 is 3.24 bits per heavy atom. The average molecular weight is 236 g/mol. The van der Waals surface area contributed by atoms with E-state index >= 15 is 0 Å². The summed E-state index contributed by atoms with van der Waals surface area (Å²) in [7, 11) is 0. The molecular weight excluding hydrogens is 220 g/mol. The Kier molecular flexibility index (Phi) is 3.93. The van der Waals surface area contributed by atoms with Crippen molar-refractivity contribution in [2.24, 2.45) is 0 Å². The van der Waals surface area contributed by atoms with Crippen LogP contribution in [0.4, 0.5) is 0 Å². The van der Waals surface area contributed by atoms with Gasteiger partial charge in [-0.1, -0.05) is 0 Å². The van der Waals surface area contributed by atoms with E-state index in [1.165, 1.54) is 0 Å². The molecule has 0 radical (unpaired) electrons. The first-order valence-electron chi connectivity index (χ1n) is 5.65. The van der Waals surface area contributed by atoms with Crippen molar-refractivity contribution >= 4 is 5.91 Å². The molecule has 2 rings (SSSR count). The molecular formula is C12H16N2O3. The quantitative estimate of drug-likeness (QED) is 0.758. The Balaban J connectivity index is 1.97. The van der Waals surface area contributed by atoms with Crippen molar-refractivity contribution in [1.29, 1.82) is 0 Å². The number of ether oxygens (including phenoxy) is 2. The van der Waals surface area contributed by atoms with E-state index < -0.39 is 0 Å². The van der Waals surface area contributed by atoms with Crippen LogP contribution in [-0.4, -0.2) is 48.2 Å². The Hall–Kier alpha value is -1.62. The fourth-order valence-electron chi connectivity index (χ4n) is 1.75. The van der Waals surface area contributed by atoms with Crippen LogP contribution < -0.4 is 4.74 Å². The van der Waals surface area contributed by atoms with Crippen LogP contribution in [0.15, 0.2) is 24.5 Å². The van der Waals surface area contributed by atoms with Gasteiger partial charge in [0.05, 0.1) is 26.0 Å². The summed E-state index contributed by atoms with van der Waals surface area (Å²) >= 11 is 0. The van der Waals surface area contributed by atoms with Crippen LogP contribution in [0.3, 0.4) is 0 Å². The highest BCUT2D eigenvalue weighted by Crippen LogP contribution is 2.12. The summed E-state index contributed by atoms with van der Waals surface area (Å²) in [6, 6.07) is 3.66. The van der Waals surface area contributed by atoms with Gasteiger partial charge in [0.1, 0.15) is 11.9 Å². The molecule has 1 amide bonds. The lowest BCUT2D eigenvalue weighted by atomic mass is 10.3. The van der Waals surface area contributed by atoms with Crippen LogP contribution in [-0.2, 0) is 9.53 Å². The highest BCUT2D eigenvalue weighted by molar-refractivity contribution is 5.73. The number of carbonyl (C=O) groups excluding carboxylic acids is 1. The predicted molar refractivity (Wildman–Crippen MR) is 61.7 cm³/mol. The predicted octanol–water partition coefficient (Wildman–Crippen LogP) is 0.708. The van der Waals surface area contributed by atoms with Gasteiger partial charge >= 0.3 is 0 Å². The molecule has 1 saturated heterocycles. The van der Waals surface area contributed by atoms with Crippen molar-refractivity contribution in [3.63, 3.8) is 0 Å². The molecule has 1 aliphatic heterocycles. The number of hydrogen-bond donors (Lipinski definition) is 0. The first-order valence-corrected chi connectivity index (χ1v) is 5.65. The zero-order valence-corrected chi connectivity index (χ0v) is 9.83. The molecule has 5 nitrogen and oxygen atoms in total. The minimum absolute atomic E-state index is 0.0512. The van der Waals surface area contributed by atoms with E-state index in [0.717, 1.165) is 0 Å². The van der Waals surface area contributed by atoms with Crippen molar-refractivity contribution in [2.45, 2.75) is 13.0 Å². The van der Waals surface area contributed by atoms with Gasteiger partial charge in [-0.3, -0.25) is 9.78 Å². The third kappa shape index (κ3) is 3.42. The van der Waals surface area contributed by atoms with E-state index in [0.29, 0.717) is 32.1 Å². The fourth-order valence-corrected chi connectivity index (χ4v) is 1.75. The average Bonchev–Trinajstić information content (AvgIpc) is 2.56. The van der Waals surface area contributed by atoms with E-state index in [2.05, 4.69) is 4.98 Å². The van der Waals surface area contributed by atoms with Crippen LogP contribution in [0.1, 0.15) is 6.92 Å². The first-order chi connectivity index (χ1) is 8.25. The molecule has 5 heteroatoms. The van der Waals surface area contributed by atoms with Crippen LogP contribution in [0.5, 0.6) is 5.75 Å². The van der Waals surface area contributed by atoms with E-state index in [4.69, 9.17) is 9.47 Å². The van der Waals surface area contributed by atoms with Gasteiger partial charge in [-0.25, -0.2) is 0 Å². The van der Waals surface area contributed by atoms with E-state index in [1.54, 1.807) is 24.2 Å². The smallest absolute Gasteiger partial charge is 0.219 e. The molecule has 0 aromatic carbocycles. The number of nitrogens with zero attached hydrogens (tertiary/aromatic N) is 2. The standard InChI is InChI=1S/C12H16N2O3/c1-10(15)14-5-6-16-9-12(8-14)17-11-3-2-4-13-7-11/h2-4,7,12H,5-6,8-9H2,1H3/t12-/m1/s1. The lowest BCUT2D eigenvalue weighted by Gasteiger charge is -2.22. The molecule has 1 fully saturated rings. The third-order valence-electron chi connectivity index (χ3n) is 2.62. The van der Waals surface area contributed by atoms with Gasteiger partial charge < -0.3 is 14.4 Å². The Bertz CT molecular complexity index is 369. The normalized spacial score (nSPS) is 20.8. The second kappa shape index (κ2) is 5.63. The van der Waals surface area contributed by atoms with E-state index in [9.17, 15) is 4.79 Å². The Morgan fingerprint density at radius 2 is 2.53 bits per heavy atom. The molecule has 0 aliphatic carbocycles. The largest absolute Gasteiger partial charge is 0.485 e. The summed E-state index contributed by atoms with van der Waals surface area (Å²) < 4.78 is 11.2. The van der Waals surface area contributed by atoms with Gasteiger partial charge in [0, 0.05) is 19.7 Å².